The van der Waals surface area contributed by atoms with Crippen LogP contribution in [0.4, 0.5) is 0 Å². The molecule has 2 aromatic carbocycles. The van der Waals surface area contributed by atoms with Gasteiger partial charge in [0, 0.05) is 6.54 Å². The largest absolute Gasteiger partial charge is 0.493 e. The average molecular weight is 385 g/mol. The van der Waals surface area contributed by atoms with Gasteiger partial charge in [0.2, 0.25) is 0 Å². The minimum absolute atomic E-state index is 0.187. The van der Waals surface area contributed by atoms with E-state index >= 15 is 0 Å². The van der Waals surface area contributed by atoms with Crippen molar-refractivity contribution in [2.24, 2.45) is 10.7 Å². The van der Waals surface area contributed by atoms with Gasteiger partial charge < -0.3 is 25.4 Å². The molecule has 2 aromatic rings. The lowest BCUT2D eigenvalue weighted by atomic mass is 10.0. The molecule has 1 unspecified atom stereocenters. The highest BCUT2D eigenvalue weighted by atomic mass is 16.5. The lowest BCUT2D eigenvalue weighted by molar-refractivity contribution is 0.306. The first kappa shape index (κ1) is 21.6. The van der Waals surface area contributed by atoms with Crippen molar-refractivity contribution in [3.05, 3.63) is 59.2 Å². The third kappa shape index (κ3) is 6.16. The number of rotatable bonds is 9. The molecule has 0 saturated heterocycles. The number of nitrogens with zero attached hydrogens (tertiary/aromatic N) is 2. The summed E-state index contributed by atoms with van der Waals surface area (Å²) in [7, 11) is 7.38. The quantitative estimate of drug-likeness (QED) is 0.514. The normalized spacial score (nSPS) is 12.7. The molecule has 0 aliphatic heterocycles. The lowest BCUT2D eigenvalue weighted by Crippen LogP contribution is -2.34. The van der Waals surface area contributed by atoms with E-state index in [1.165, 1.54) is 11.1 Å². The number of methoxy groups -OCH3 is 2. The minimum Gasteiger partial charge on any atom is -0.493 e. The summed E-state index contributed by atoms with van der Waals surface area (Å²) in [5.41, 5.74) is 9.69. The van der Waals surface area contributed by atoms with E-state index in [0.717, 1.165) is 23.5 Å². The molecule has 0 aliphatic carbocycles. The Morgan fingerprint density at radius 1 is 1.07 bits per heavy atom. The molecule has 0 aromatic heterocycles. The first-order valence-corrected chi connectivity index (χ1v) is 9.42. The van der Waals surface area contributed by atoms with Crippen molar-refractivity contribution in [3.63, 3.8) is 0 Å². The monoisotopic (exact) mass is 384 g/mol. The Balaban J connectivity index is 1.90. The molecule has 3 N–H and O–H groups in total. The predicted octanol–water partition coefficient (Wildman–Crippen LogP) is 2.76. The second kappa shape index (κ2) is 10.6. The summed E-state index contributed by atoms with van der Waals surface area (Å²) in [6, 6.07) is 14.7. The molecule has 6 nitrogen and oxygen atoms in total. The molecule has 6 heteroatoms. The van der Waals surface area contributed by atoms with E-state index < -0.39 is 0 Å². The number of benzene rings is 2. The van der Waals surface area contributed by atoms with Crippen LogP contribution in [-0.2, 0) is 6.42 Å². The molecule has 0 fully saturated rings. The smallest absolute Gasteiger partial charge is 0.188 e. The van der Waals surface area contributed by atoms with Crippen LogP contribution >= 0.6 is 0 Å². The fraction of sp³-hybridized carbons (Fsp3) is 0.409. The average Bonchev–Trinajstić information content (AvgIpc) is 2.69. The van der Waals surface area contributed by atoms with E-state index in [1.54, 1.807) is 14.2 Å². The Hall–Kier alpha value is -2.73. The van der Waals surface area contributed by atoms with Gasteiger partial charge in [0.15, 0.2) is 17.5 Å². The molecule has 152 valence electrons. The van der Waals surface area contributed by atoms with E-state index in [-0.39, 0.29) is 6.04 Å². The van der Waals surface area contributed by atoms with Gasteiger partial charge in [0.1, 0.15) is 0 Å². The summed E-state index contributed by atoms with van der Waals surface area (Å²) < 4.78 is 10.6. The number of nitrogens with two attached hydrogens (primary N) is 1. The SMILES string of the molecule is COc1ccc(CCNC(N)=NCC(c2ccc(C)cc2)N(C)C)cc1OC. The number of likely N-dealkylation sites (N-methyl/N-ethyl adjacent to an activating group) is 1. The standard InChI is InChI=1S/C22H32N4O2/c1-16-6-9-18(10-7-16)19(26(2)3)15-25-22(23)24-13-12-17-8-11-20(27-4)21(14-17)28-5/h6-11,14,19H,12-13,15H2,1-5H3,(H3,23,24,25). The Morgan fingerprint density at radius 3 is 2.36 bits per heavy atom. The zero-order valence-corrected chi connectivity index (χ0v) is 17.5. The first-order chi connectivity index (χ1) is 13.4. The third-order valence-electron chi connectivity index (χ3n) is 4.69. The van der Waals surface area contributed by atoms with E-state index in [4.69, 9.17) is 15.2 Å². The number of hydrogen-bond acceptors (Lipinski definition) is 4. The number of nitrogens with one attached hydrogen (secondary N) is 1. The first-order valence-electron chi connectivity index (χ1n) is 9.42. The fourth-order valence-corrected chi connectivity index (χ4v) is 2.97. The van der Waals surface area contributed by atoms with Gasteiger partial charge >= 0.3 is 0 Å². The summed E-state index contributed by atoms with van der Waals surface area (Å²) in [4.78, 5) is 6.69. The molecule has 0 radical (unpaired) electrons. The molecular formula is C22H32N4O2. The highest BCUT2D eigenvalue weighted by molar-refractivity contribution is 5.77. The Morgan fingerprint density at radius 2 is 1.75 bits per heavy atom. The maximum absolute atomic E-state index is 6.07. The Kier molecular flexibility index (Phi) is 8.14. The molecule has 28 heavy (non-hydrogen) atoms. The van der Waals surface area contributed by atoms with Crippen molar-refractivity contribution in [1.29, 1.82) is 0 Å². The maximum atomic E-state index is 6.07. The van der Waals surface area contributed by atoms with Gasteiger partial charge in [0.05, 0.1) is 26.8 Å². The van der Waals surface area contributed by atoms with E-state index in [0.29, 0.717) is 19.0 Å². The molecule has 0 amide bonds. The van der Waals surface area contributed by atoms with Crippen LogP contribution in [0.3, 0.4) is 0 Å². The van der Waals surface area contributed by atoms with Gasteiger partial charge in [0.25, 0.3) is 0 Å². The topological polar surface area (TPSA) is 72.1 Å². The van der Waals surface area contributed by atoms with Gasteiger partial charge in [-0.25, -0.2) is 0 Å². The Bertz CT molecular complexity index is 773. The number of hydrogen-bond donors (Lipinski definition) is 2. The summed E-state index contributed by atoms with van der Waals surface area (Å²) in [5.74, 6) is 1.92. The second-order valence-electron chi connectivity index (χ2n) is 6.98. The van der Waals surface area contributed by atoms with Crippen molar-refractivity contribution < 1.29 is 9.47 Å². The number of aryl methyl sites for hydroxylation is 1. The Labute approximate surface area is 168 Å². The number of aliphatic imine (C=N–C) groups is 1. The zero-order valence-electron chi connectivity index (χ0n) is 17.5. The summed E-state index contributed by atoms with van der Waals surface area (Å²) in [6.45, 7) is 3.39. The third-order valence-corrected chi connectivity index (χ3v) is 4.69. The lowest BCUT2D eigenvalue weighted by Gasteiger charge is -2.23. The molecule has 1 atom stereocenters. The van der Waals surface area contributed by atoms with E-state index in [9.17, 15) is 0 Å². The van der Waals surface area contributed by atoms with Crippen LogP contribution in [0.15, 0.2) is 47.5 Å². The molecule has 0 heterocycles. The highest BCUT2D eigenvalue weighted by Gasteiger charge is 2.13. The molecular weight excluding hydrogens is 352 g/mol. The van der Waals surface area contributed by atoms with Crippen LogP contribution in [0.1, 0.15) is 22.7 Å². The van der Waals surface area contributed by atoms with Gasteiger partial charge in [-0.2, -0.15) is 0 Å². The van der Waals surface area contributed by atoms with Crippen LogP contribution in [0.2, 0.25) is 0 Å². The van der Waals surface area contributed by atoms with Gasteiger partial charge in [-0.05, 0) is 50.7 Å². The van der Waals surface area contributed by atoms with Crippen LogP contribution in [0.25, 0.3) is 0 Å². The summed E-state index contributed by atoms with van der Waals surface area (Å²) >= 11 is 0. The fourth-order valence-electron chi connectivity index (χ4n) is 2.97. The number of guanidine groups is 1. The van der Waals surface area contributed by atoms with Crippen molar-refractivity contribution >= 4 is 5.96 Å². The minimum atomic E-state index is 0.187. The molecule has 0 saturated carbocycles. The highest BCUT2D eigenvalue weighted by Crippen LogP contribution is 2.27. The van der Waals surface area contributed by atoms with Crippen LogP contribution < -0.4 is 20.5 Å². The predicted molar refractivity (Wildman–Crippen MR) is 115 cm³/mol. The van der Waals surface area contributed by atoms with Crippen molar-refractivity contribution in [2.75, 3.05) is 41.4 Å². The van der Waals surface area contributed by atoms with Crippen molar-refractivity contribution in [2.45, 2.75) is 19.4 Å². The van der Waals surface area contributed by atoms with Crippen molar-refractivity contribution in [3.8, 4) is 11.5 Å². The van der Waals surface area contributed by atoms with Crippen LogP contribution in [-0.4, -0.2) is 52.3 Å². The summed E-state index contributed by atoms with van der Waals surface area (Å²) in [6.07, 6.45) is 0.811. The number of ether oxygens (including phenoxy) is 2. The second-order valence-corrected chi connectivity index (χ2v) is 6.98. The van der Waals surface area contributed by atoms with E-state index in [2.05, 4.69) is 60.5 Å². The van der Waals surface area contributed by atoms with Crippen LogP contribution in [0.5, 0.6) is 11.5 Å². The zero-order chi connectivity index (χ0) is 20.5. The van der Waals surface area contributed by atoms with Gasteiger partial charge in [-0.1, -0.05) is 35.9 Å². The van der Waals surface area contributed by atoms with Gasteiger partial charge in [-0.15, -0.1) is 0 Å². The van der Waals surface area contributed by atoms with Gasteiger partial charge in [-0.3, -0.25) is 4.99 Å². The van der Waals surface area contributed by atoms with Crippen LogP contribution in [0, 0.1) is 6.92 Å². The molecule has 0 bridgehead atoms. The molecule has 0 spiro atoms. The molecule has 2 rings (SSSR count). The maximum Gasteiger partial charge on any atom is 0.188 e. The molecule has 0 aliphatic rings. The summed E-state index contributed by atoms with van der Waals surface area (Å²) in [5, 5.41) is 3.19. The van der Waals surface area contributed by atoms with E-state index in [1.807, 2.05) is 18.2 Å². The van der Waals surface area contributed by atoms with Crippen molar-refractivity contribution in [1.82, 2.24) is 10.2 Å².